The third kappa shape index (κ3) is 3.37. The van der Waals surface area contributed by atoms with Gasteiger partial charge in [-0.25, -0.2) is 4.39 Å². The third-order valence-electron chi connectivity index (χ3n) is 2.86. The predicted octanol–water partition coefficient (Wildman–Crippen LogP) is 3.46. The molecule has 0 bridgehead atoms. The Hall–Kier alpha value is -2.23. The van der Waals surface area contributed by atoms with Gasteiger partial charge >= 0.3 is 0 Å². The summed E-state index contributed by atoms with van der Waals surface area (Å²) in [4.78, 5) is 0. The number of halogens is 1. The van der Waals surface area contributed by atoms with Gasteiger partial charge in [-0.3, -0.25) is 0 Å². The van der Waals surface area contributed by atoms with Crippen LogP contribution in [0.5, 0.6) is 11.5 Å². The number of anilines is 1. The molecule has 19 heavy (non-hydrogen) atoms. The summed E-state index contributed by atoms with van der Waals surface area (Å²) in [6, 6.07) is 9.71. The first-order valence-electron chi connectivity index (χ1n) is 5.95. The van der Waals surface area contributed by atoms with Crippen LogP contribution in [0.1, 0.15) is 11.1 Å². The van der Waals surface area contributed by atoms with Gasteiger partial charge in [0.2, 0.25) is 0 Å². The van der Waals surface area contributed by atoms with Crippen LogP contribution < -0.4 is 10.1 Å². The van der Waals surface area contributed by atoms with Gasteiger partial charge in [0.1, 0.15) is 17.3 Å². The zero-order chi connectivity index (χ0) is 13.8. The molecule has 0 aliphatic rings. The Morgan fingerprint density at radius 2 is 2.00 bits per heavy atom. The van der Waals surface area contributed by atoms with Gasteiger partial charge in [0.05, 0.1) is 7.11 Å². The van der Waals surface area contributed by atoms with Crippen LogP contribution in [-0.4, -0.2) is 12.2 Å². The monoisotopic (exact) mass is 261 g/mol. The average Bonchev–Trinajstić information content (AvgIpc) is 2.36. The largest absolute Gasteiger partial charge is 0.508 e. The molecule has 0 unspecified atom stereocenters. The second-order valence-corrected chi connectivity index (χ2v) is 4.35. The van der Waals surface area contributed by atoms with E-state index >= 15 is 0 Å². The van der Waals surface area contributed by atoms with Crippen molar-refractivity contribution in [3.8, 4) is 11.5 Å². The van der Waals surface area contributed by atoms with Crippen molar-refractivity contribution in [2.45, 2.75) is 13.5 Å². The van der Waals surface area contributed by atoms with Crippen molar-refractivity contribution >= 4 is 5.69 Å². The van der Waals surface area contributed by atoms with Gasteiger partial charge in [0, 0.05) is 18.3 Å². The zero-order valence-corrected chi connectivity index (χ0v) is 10.9. The third-order valence-corrected chi connectivity index (χ3v) is 2.86. The summed E-state index contributed by atoms with van der Waals surface area (Å²) < 4.78 is 18.3. The first-order valence-corrected chi connectivity index (χ1v) is 5.95. The van der Waals surface area contributed by atoms with E-state index in [0.717, 1.165) is 23.1 Å². The van der Waals surface area contributed by atoms with Crippen LogP contribution in [0, 0.1) is 12.7 Å². The number of hydrogen-bond donors (Lipinski definition) is 2. The van der Waals surface area contributed by atoms with Crippen molar-refractivity contribution in [2.75, 3.05) is 12.4 Å². The first-order chi connectivity index (χ1) is 9.08. The summed E-state index contributed by atoms with van der Waals surface area (Å²) in [5.74, 6) is 0.290. The predicted molar refractivity (Wildman–Crippen MR) is 73.1 cm³/mol. The molecule has 0 aliphatic carbocycles. The molecule has 0 radical (unpaired) electrons. The molecule has 2 aromatic rings. The van der Waals surface area contributed by atoms with Crippen LogP contribution in [0.15, 0.2) is 36.4 Å². The summed E-state index contributed by atoms with van der Waals surface area (Å²) in [6.07, 6.45) is 0. The molecule has 0 heterocycles. The SMILES string of the molecule is COc1ccc(NCc2cc(O)cc(F)c2)c(C)c1. The van der Waals surface area contributed by atoms with Gasteiger partial charge in [-0.1, -0.05) is 0 Å². The van der Waals surface area contributed by atoms with E-state index in [1.54, 1.807) is 7.11 Å². The highest BCUT2D eigenvalue weighted by Crippen LogP contribution is 2.22. The van der Waals surface area contributed by atoms with E-state index in [1.807, 2.05) is 25.1 Å². The molecule has 3 nitrogen and oxygen atoms in total. The molecule has 0 saturated carbocycles. The van der Waals surface area contributed by atoms with E-state index in [4.69, 9.17) is 4.74 Å². The molecule has 0 spiro atoms. The maximum absolute atomic E-state index is 13.1. The molecule has 0 fully saturated rings. The minimum Gasteiger partial charge on any atom is -0.508 e. The summed E-state index contributed by atoms with van der Waals surface area (Å²) >= 11 is 0. The number of aromatic hydroxyl groups is 1. The molecule has 0 atom stereocenters. The highest BCUT2D eigenvalue weighted by molar-refractivity contribution is 5.54. The van der Waals surface area contributed by atoms with Gasteiger partial charge in [-0.15, -0.1) is 0 Å². The number of aryl methyl sites for hydroxylation is 1. The van der Waals surface area contributed by atoms with Crippen molar-refractivity contribution in [1.29, 1.82) is 0 Å². The fourth-order valence-corrected chi connectivity index (χ4v) is 1.89. The number of ether oxygens (including phenoxy) is 1. The molecule has 2 rings (SSSR count). The van der Waals surface area contributed by atoms with Crippen LogP contribution in [-0.2, 0) is 6.54 Å². The minimum absolute atomic E-state index is 0.0664. The van der Waals surface area contributed by atoms with Crippen molar-refractivity contribution in [3.05, 3.63) is 53.3 Å². The second-order valence-electron chi connectivity index (χ2n) is 4.35. The van der Waals surface area contributed by atoms with Gasteiger partial charge in [-0.2, -0.15) is 0 Å². The molecule has 2 aromatic carbocycles. The quantitative estimate of drug-likeness (QED) is 0.885. The number of phenols is 1. The Morgan fingerprint density at radius 1 is 1.21 bits per heavy atom. The van der Waals surface area contributed by atoms with Crippen LogP contribution >= 0.6 is 0 Å². The van der Waals surface area contributed by atoms with E-state index in [0.29, 0.717) is 12.1 Å². The highest BCUT2D eigenvalue weighted by atomic mass is 19.1. The van der Waals surface area contributed by atoms with Crippen LogP contribution in [0.4, 0.5) is 10.1 Å². The lowest BCUT2D eigenvalue weighted by Gasteiger charge is -2.11. The normalized spacial score (nSPS) is 10.3. The van der Waals surface area contributed by atoms with E-state index < -0.39 is 5.82 Å². The number of nitrogens with one attached hydrogen (secondary N) is 1. The van der Waals surface area contributed by atoms with E-state index in [2.05, 4.69) is 5.32 Å². The van der Waals surface area contributed by atoms with Crippen molar-refractivity contribution in [1.82, 2.24) is 0 Å². The topological polar surface area (TPSA) is 41.5 Å². The highest BCUT2D eigenvalue weighted by Gasteiger charge is 2.03. The Balaban J connectivity index is 2.10. The standard InChI is InChI=1S/C15H16FNO2/c1-10-5-14(19-2)3-4-15(10)17-9-11-6-12(16)8-13(18)7-11/h3-8,17-18H,9H2,1-2H3. The number of benzene rings is 2. The lowest BCUT2D eigenvalue weighted by atomic mass is 10.1. The number of methoxy groups -OCH3 is 1. The van der Waals surface area contributed by atoms with Gasteiger partial charge in [-0.05, 0) is 48.4 Å². The molecule has 0 aliphatic heterocycles. The molecule has 4 heteroatoms. The second kappa shape index (κ2) is 5.61. The van der Waals surface area contributed by atoms with E-state index in [1.165, 1.54) is 12.1 Å². The van der Waals surface area contributed by atoms with Crippen LogP contribution in [0.25, 0.3) is 0 Å². The molecular formula is C15H16FNO2. The van der Waals surface area contributed by atoms with E-state index in [9.17, 15) is 9.50 Å². The van der Waals surface area contributed by atoms with Crippen LogP contribution in [0.3, 0.4) is 0 Å². The average molecular weight is 261 g/mol. The fourth-order valence-electron chi connectivity index (χ4n) is 1.89. The van der Waals surface area contributed by atoms with Crippen molar-refractivity contribution in [3.63, 3.8) is 0 Å². The molecule has 0 saturated heterocycles. The van der Waals surface area contributed by atoms with Gasteiger partial charge in [0.25, 0.3) is 0 Å². The Kier molecular flexibility index (Phi) is 3.90. The smallest absolute Gasteiger partial charge is 0.127 e. The summed E-state index contributed by atoms with van der Waals surface area (Å²) in [7, 11) is 1.62. The number of rotatable bonds is 4. The molecule has 0 aromatic heterocycles. The molecule has 100 valence electrons. The van der Waals surface area contributed by atoms with Crippen molar-refractivity contribution < 1.29 is 14.2 Å². The lowest BCUT2D eigenvalue weighted by Crippen LogP contribution is -2.01. The summed E-state index contributed by atoms with van der Waals surface area (Å²) in [5.41, 5.74) is 2.68. The van der Waals surface area contributed by atoms with E-state index in [-0.39, 0.29) is 5.75 Å². The molecule has 0 amide bonds. The minimum atomic E-state index is -0.441. The summed E-state index contributed by atoms with van der Waals surface area (Å²) in [6.45, 7) is 2.41. The molecular weight excluding hydrogens is 245 g/mol. The number of hydrogen-bond acceptors (Lipinski definition) is 3. The Morgan fingerprint density at radius 3 is 2.63 bits per heavy atom. The van der Waals surface area contributed by atoms with Crippen LogP contribution in [0.2, 0.25) is 0 Å². The lowest BCUT2D eigenvalue weighted by molar-refractivity contribution is 0.414. The summed E-state index contributed by atoms with van der Waals surface area (Å²) in [5, 5.41) is 12.5. The Bertz CT molecular complexity index is 564. The maximum atomic E-state index is 13.1. The fraction of sp³-hybridized carbons (Fsp3) is 0.200. The zero-order valence-electron chi connectivity index (χ0n) is 10.9. The maximum Gasteiger partial charge on any atom is 0.127 e. The number of phenolic OH excluding ortho intramolecular Hbond substituents is 1. The van der Waals surface area contributed by atoms with Crippen molar-refractivity contribution in [2.24, 2.45) is 0 Å². The van der Waals surface area contributed by atoms with Gasteiger partial charge in [0.15, 0.2) is 0 Å². The molecule has 2 N–H and O–H groups in total. The first kappa shape index (κ1) is 13.2. The Labute approximate surface area is 111 Å². The van der Waals surface area contributed by atoms with Gasteiger partial charge < -0.3 is 15.2 Å².